The highest BCUT2D eigenvalue weighted by atomic mass is 32.1. The monoisotopic (exact) mass is 414 g/mol. The van der Waals surface area contributed by atoms with Crippen LogP contribution in [0.1, 0.15) is 33.6 Å². The summed E-state index contributed by atoms with van der Waals surface area (Å²) in [5.41, 5.74) is 2.67. The van der Waals surface area contributed by atoms with Crippen molar-refractivity contribution < 1.29 is 17.9 Å². The van der Waals surface area contributed by atoms with E-state index in [0.717, 1.165) is 22.8 Å². The number of alkyl halides is 3. The van der Waals surface area contributed by atoms with E-state index in [1.807, 2.05) is 32.9 Å². The summed E-state index contributed by atoms with van der Waals surface area (Å²) in [7, 11) is 0. The molecule has 0 unspecified atom stereocenters. The average molecular weight is 414 g/mol. The van der Waals surface area contributed by atoms with Crippen molar-refractivity contribution in [1.82, 2.24) is 15.6 Å². The van der Waals surface area contributed by atoms with E-state index in [-0.39, 0.29) is 6.61 Å². The molecule has 28 heavy (non-hydrogen) atoms. The minimum absolute atomic E-state index is 0.0686. The number of guanidine groups is 1. The smallest absolute Gasteiger partial charge is 0.367 e. The van der Waals surface area contributed by atoms with Crippen LogP contribution < -0.4 is 10.6 Å². The molecule has 0 spiro atoms. The average Bonchev–Trinajstić information content (AvgIpc) is 2.95. The Balaban J connectivity index is 1.88. The van der Waals surface area contributed by atoms with Crippen LogP contribution >= 0.6 is 11.3 Å². The van der Waals surface area contributed by atoms with E-state index in [9.17, 15) is 13.2 Å². The third-order valence-corrected chi connectivity index (χ3v) is 4.81. The maximum atomic E-state index is 12.1. The summed E-state index contributed by atoms with van der Waals surface area (Å²) in [5, 5.41) is 7.53. The first-order chi connectivity index (χ1) is 13.3. The van der Waals surface area contributed by atoms with Gasteiger partial charge in [0.05, 0.1) is 30.4 Å². The number of aliphatic imine (C=N–C) groups is 1. The second-order valence-electron chi connectivity index (χ2n) is 6.21. The molecule has 154 valence electrons. The van der Waals surface area contributed by atoms with E-state index in [0.29, 0.717) is 24.6 Å². The van der Waals surface area contributed by atoms with Crippen LogP contribution in [-0.2, 0) is 24.4 Å². The summed E-state index contributed by atoms with van der Waals surface area (Å²) >= 11 is 1.66. The standard InChI is InChI=1S/C19H25F3N4OS/c1-4-23-18(25-10-17-13(2)26-14(3)28-17)24-9-15-5-7-16(8-6-15)11-27-12-19(20,21)22/h5-8H,4,9-12H2,1-3H3,(H2,23,24,25). The van der Waals surface area contributed by atoms with Crippen molar-refractivity contribution in [2.24, 2.45) is 4.99 Å². The van der Waals surface area contributed by atoms with Crippen LogP contribution in [0.5, 0.6) is 0 Å². The van der Waals surface area contributed by atoms with Gasteiger partial charge >= 0.3 is 6.18 Å². The molecular weight excluding hydrogens is 389 g/mol. The van der Waals surface area contributed by atoms with Gasteiger partial charge in [-0.25, -0.2) is 9.98 Å². The number of aromatic nitrogens is 1. The van der Waals surface area contributed by atoms with Crippen LogP contribution in [-0.4, -0.2) is 30.3 Å². The zero-order chi connectivity index (χ0) is 20.6. The first kappa shape index (κ1) is 22.2. The van der Waals surface area contributed by atoms with Gasteiger partial charge in [-0.2, -0.15) is 13.2 Å². The van der Waals surface area contributed by atoms with Gasteiger partial charge in [0.1, 0.15) is 6.61 Å². The van der Waals surface area contributed by atoms with Gasteiger partial charge in [-0.05, 0) is 31.9 Å². The van der Waals surface area contributed by atoms with Gasteiger partial charge in [0.2, 0.25) is 0 Å². The molecule has 2 N–H and O–H groups in total. The number of rotatable bonds is 8. The Morgan fingerprint density at radius 3 is 2.39 bits per heavy atom. The van der Waals surface area contributed by atoms with Crippen molar-refractivity contribution in [2.75, 3.05) is 13.2 Å². The number of nitrogens with one attached hydrogen (secondary N) is 2. The van der Waals surface area contributed by atoms with Crippen LogP contribution in [0.15, 0.2) is 29.3 Å². The third kappa shape index (κ3) is 7.85. The van der Waals surface area contributed by atoms with E-state index in [1.165, 1.54) is 4.88 Å². The van der Waals surface area contributed by atoms with Gasteiger partial charge in [0.25, 0.3) is 0 Å². The van der Waals surface area contributed by atoms with Crippen LogP contribution in [0.25, 0.3) is 0 Å². The molecule has 0 bridgehead atoms. The molecule has 1 aromatic carbocycles. The summed E-state index contributed by atoms with van der Waals surface area (Å²) in [4.78, 5) is 10.1. The minimum atomic E-state index is -4.30. The Labute approximate surface area is 167 Å². The number of nitrogens with zero attached hydrogens (tertiary/aromatic N) is 2. The molecular formula is C19H25F3N4OS. The zero-order valence-corrected chi connectivity index (χ0v) is 17.0. The van der Waals surface area contributed by atoms with Crippen LogP contribution in [0.4, 0.5) is 13.2 Å². The fourth-order valence-electron chi connectivity index (χ4n) is 2.44. The second kappa shape index (κ2) is 10.4. The van der Waals surface area contributed by atoms with Crippen molar-refractivity contribution >= 4 is 17.3 Å². The summed E-state index contributed by atoms with van der Waals surface area (Å²) in [6, 6.07) is 7.20. The maximum absolute atomic E-state index is 12.1. The van der Waals surface area contributed by atoms with Gasteiger partial charge in [0, 0.05) is 11.4 Å². The Hall–Kier alpha value is -2.13. The lowest BCUT2D eigenvalue weighted by molar-refractivity contribution is -0.176. The molecule has 0 aliphatic rings. The zero-order valence-electron chi connectivity index (χ0n) is 16.2. The maximum Gasteiger partial charge on any atom is 0.411 e. The van der Waals surface area contributed by atoms with E-state index in [4.69, 9.17) is 0 Å². The van der Waals surface area contributed by atoms with Crippen molar-refractivity contribution in [2.45, 2.75) is 46.6 Å². The van der Waals surface area contributed by atoms with Crippen molar-refractivity contribution in [3.63, 3.8) is 0 Å². The second-order valence-corrected chi connectivity index (χ2v) is 7.50. The first-order valence-electron chi connectivity index (χ1n) is 8.94. The molecule has 1 heterocycles. The highest BCUT2D eigenvalue weighted by Crippen LogP contribution is 2.17. The quantitative estimate of drug-likeness (QED) is 0.505. The van der Waals surface area contributed by atoms with E-state index in [1.54, 1.807) is 23.5 Å². The Kier molecular flexibility index (Phi) is 8.25. The molecule has 0 aliphatic carbocycles. The number of ether oxygens (including phenoxy) is 1. The highest BCUT2D eigenvalue weighted by Gasteiger charge is 2.27. The molecule has 9 heteroatoms. The number of hydrogen-bond donors (Lipinski definition) is 2. The van der Waals surface area contributed by atoms with E-state index < -0.39 is 12.8 Å². The van der Waals surface area contributed by atoms with Gasteiger partial charge in [-0.15, -0.1) is 11.3 Å². The van der Waals surface area contributed by atoms with E-state index in [2.05, 4.69) is 25.3 Å². The summed E-state index contributed by atoms with van der Waals surface area (Å²) in [6.45, 7) is 6.51. The molecule has 0 amide bonds. The minimum Gasteiger partial charge on any atom is -0.367 e. The topological polar surface area (TPSA) is 58.5 Å². The molecule has 0 radical (unpaired) electrons. The number of thiazole rings is 1. The fourth-order valence-corrected chi connectivity index (χ4v) is 3.32. The Bertz CT molecular complexity index is 772. The van der Waals surface area contributed by atoms with E-state index >= 15 is 0 Å². The molecule has 2 rings (SSSR count). The van der Waals surface area contributed by atoms with Crippen LogP contribution in [0.2, 0.25) is 0 Å². The van der Waals surface area contributed by atoms with Crippen molar-refractivity contribution in [3.05, 3.63) is 51.0 Å². The molecule has 0 atom stereocenters. The Morgan fingerprint density at radius 1 is 1.14 bits per heavy atom. The molecule has 0 saturated carbocycles. The van der Waals surface area contributed by atoms with Crippen LogP contribution in [0.3, 0.4) is 0 Å². The lowest BCUT2D eigenvalue weighted by atomic mass is 10.1. The number of benzene rings is 1. The van der Waals surface area contributed by atoms with Gasteiger partial charge in [-0.3, -0.25) is 0 Å². The molecule has 0 saturated heterocycles. The molecule has 2 aromatic rings. The third-order valence-electron chi connectivity index (χ3n) is 3.74. The number of aryl methyl sites for hydroxylation is 2. The summed E-state index contributed by atoms with van der Waals surface area (Å²) in [5.74, 6) is 0.700. The normalized spacial score (nSPS) is 12.3. The molecule has 1 aromatic heterocycles. The van der Waals surface area contributed by atoms with Crippen molar-refractivity contribution in [1.29, 1.82) is 0 Å². The lowest BCUT2D eigenvalue weighted by Crippen LogP contribution is -2.36. The largest absolute Gasteiger partial charge is 0.411 e. The molecule has 0 fully saturated rings. The lowest BCUT2D eigenvalue weighted by Gasteiger charge is -2.11. The molecule has 5 nitrogen and oxygen atoms in total. The SMILES string of the molecule is CCNC(=NCc1ccc(COCC(F)(F)F)cc1)NCc1sc(C)nc1C. The van der Waals surface area contributed by atoms with Gasteiger partial charge < -0.3 is 15.4 Å². The first-order valence-corrected chi connectivity index (χ1v) is 9.76. The highest BCUT2D eigenvalue weighted by molar-refractivity contribution is 7.11. The predicted octanol–water partition coefficient (Wildman–Crippen LogP) is 4.09. The molecule has 0 aliphatic heterocycles. The predicted molar refractivity (Wildman–Crippen MR) is 105 cm³/mol. The van der Waals surface area contributed by atoms with Crippen LogP contribution in [0, 0.1) is 13.8 Å². The summed E-state index contributed by atoms with van der Waals surface area (Å²) in [6.07, 6.45) is -4.30. The summed E-state index contributed by atoms with van der Waals surface area (Å²) < 4.78 is 41.0. The van der Waals surface area contributed by atoms with Gasteiger partial charge in [-0.1, -0.05) is 24.3 Å². The Morgan fingerprint density at radius 2 is 1.82 bits per heavy atom. The number of halogens is 3. The fraction of sp³-hybridized carbons (Fsp3) is 0.474. The number of hydrogen-bond acceptors (Lipinski definition) is 4. The van der Waals surface area contributed by atoms with Crippen molar-refractivity contribution in [3.8, 4) is 0 Å². The van der Waals surface area contributed by atoms with Gasteiger partial charge in [0.15, 0.2) is 5.96 Å².